The highest BCUT2D eigenvalue weighted by Crippen LogP contribution is 2.26. The van der Waals surface area contributed by atoms with Crippen molar-refractivity contribution in [2.75, 3.05) is 6.61 Å². The number of aryl methyl sites for hydroxylation is 1. The van der Waals surface area contributed by atoms with E-state index in [9.17, 15) is 4.79 Å². The molecule has 0 aliphatic rings. The molecular formula is C13H16IO3P. The Morgan fingerprint density at radius 3 is 2.44 bits per heavy atom. The zero-order valence-electron chi connectivity index (χ0n) is 10.2. The number of terminal acetylenes is 1. The average molecular weight is 378 g/mol. The fourth-order valence-electron chi connectivity index (χ4n) is 1.25. The van der Waals surface area contributed by atoms with E-state index in [0.29, 0.717) is 25.9 Å². The van der Waals surface area contributed by atoms with E-state index in [1.165, 1.54) is 0 Å². The number of ether oxygens (including phenoxy) is 1. The Bertz CT molecular complexity index is 362. The number of halogens is 1. The summed E-state index contributed by atoms with van der Waals surface area (Å²) in [6, 6.07) is 7.80. The molecule has 0 radical (unpaired) electrons. The summed E-state index contributed by atoms with van der Waals surface area (Å²) in [7, 11) is 0. The lowest BCUT2D eigenvalue weighted by Gasteiger charge is -2.04. The minimum atomic E-state index is -0.142. The van der Waals surface area contributed by atoms with E-state index in [-0.39, 0.29) is 5.97 Å². The van der Waals surface area contributed by atoms with Crippen LogP contribution in [-0.2, 0) is 16.0 Å². The van der Waals surface area contributed by atoms with Crippen LogP contribution < -0.4 is 4.52 Å². The Morgan fingerprint density at radius 2 is 1.94 bits per heavy atom. The highest BCUT2D eigenvalue weighted by Gasteiger charge is 2.02. The van der Waals surface area contributed by atoms with E-state index in [1.807, 2.05) is 31.2 Å². The van der Waals surface area contributed by atoms with Crippen LogP contribution in [0.1, 0.15) is 18.9 Å². The largest absolute Gasteiger partial charge is 0.467 e. The number of hydrogen-bond acceptors (Lipinski definition) is 3. The van der Waals surface area contributed by atoms with Gasteiger partial charge in [-0.05, 0) is 53.1 Å². The molecule has 1 atom stereocenters. The van der Waals surface area contributed by atoms with E-state index < -0.39 is 0 Å². The lowest BCUT2D eigenvalue weighted by atomic mass is 10.1. The molecule has 0 saturated carbocycles. The second-order valence-corrected chi connectivity index (χ2v) is 4.81. The predicted molar refractivity (Wildman–Crippen MR) is 84.2 cm³/mol. The molecule has 1 aromatic carbocycles. The normalized spacial score (nSPS) is 9.56. The summed E-state index contributed by atoms with van der Waals surface area (Å²) < 4.78 is 10.2. The van der Waals surface area contributed by atoms with Crippen LogP contribution in [0.15, 0.2) is 24.3 Å². The van der Waals surface area contributed by atoms with E-state index in [0.717, 1.165) is 11.3 Å². The summed E-state index contributed by atoms with van der Waals surface area (Å²) >= 11 is 2.18. The molecule has 0 saturated heterocycles. The Kier molecular flexibility index (Phi) is 10.8. The maximum absolute atomic E-state index is 11.1. The molecule has 1 unspecified atom stereocenters. The van der Waals surface area contributed by atoms with Crippen molar-refractivity contribution < 1.29 is 14.1 Å². The summed E-state index contributed by atoms with van der Waals surface area (Å²) in [6.45, 7) is 2.69. The first-order chi connectivity index (χ1) is 8.76. The third kappa shape index (κ3) is 7.52. The number of carbonyl (C=O) groups is 1. The van der Waals surface area contributed by atoms with Gasteiger partial charge in [-0.15, -0.1) is 12.8 Å². The summed E-state index contributed by atoms with van der Waals surface area (Å²) in [6.07, 6.45) is 9.15. The minimum absolute atomic E-state index is 0.142. The van der Waals surface area contributed by atoms with Crippen molar-refractivity contribution >= 4 is 34.5 Å². The van der Waals surface area contributed by atoms with E-state index in [2.05, 4.69) is 34.9 Å². The van der Waals surface area contributed by atoms with Crippen LogP contribution in [0.5, 0.6) is 5.75 Å². The zero-order valence-corrected chi connectivity index (χ0v) is 13.3. The number of hydrogen-bond donors (Lipinski definition) is 0. The van der Waals surface area contributed by atoms with Crippen molar-refractivity contribution in [1.82, 2.24) is 0 Å². The molecule has 18 heavy (non-hydrogen) atoms. The first-order valence-electron chi connectivity index (χ1n) is 5.36. The van der Waals surface area contributed by atoms with Crippen molar-refractivity contribution in [1.29, 1.82) is 0 Å². The first kappa shape index (κ1) is 17.2. The highest BCUT2D eigenvalue weighted by atomic mass is 127. The topological polar surface area (TPSA) is 35.5 Å². The lowest BCUT2D eigenvalue weighted by Crippen LogP contribution is -2.04. The molecule has 5 heteroatoms. The van der Waals surface area contributed by atoms with Gasteiger partial charge in [-0.1, -0.05) is 12.1 Å². The van der Waals surface area contributed by atoms with E-state index in [1.54, 1.807) is 0 Å². The predicted octanol–water partition coefficient (Wildman–Crippen LogP) is 3.75. The van der Waals surface area contributed by atoms with Gasteiger partial charge in [-0.2, -0.15) is 0 Å². The van der Waals surface area contributed by atoms with Gasteiger partial charge < -0.3 is 9.26 Å². The molecule has 0 heterocycles. The van der Waals surface area contributed by atoms with Gasteiger partial charge in [-0.25, -0.2) is 0 Å². The van der Waals surface area contributed by atoms with Crippen LogP contribution in [0.2, 0.25) is 0 Å². The quantitative estimate of drug-likeness (QED) is 0.327. The highest BCUT2D eigenvalue weighted by molar-refractivity contribution is 14.2. The SMILES string of the molecule is C#C.CCOC(=O)CCc1ccc(OPI)cc1. The third-order valence-corrected chi connectivity index (χ3v) is 2.98. The molecule has 0 spiro atoms. The fraction of sp³-hybridized carbons (Fsp3) is 0.308. The van der Waals surface area contributed by atoms with Crippen LogP contribution in [0.4, 0.5) is 0 Å². The van der Waals surface area contributed by atoms with Gasteiger partial charge in [-0.3, -0.25) is 4.79 Å². The second-order valence-electron chi connectivity index (χ2n) is 3.13. The van der Waals surface area contributed by atoms with Gasteiger partial charge in [0, 0.05) is 6.42 Å². The molecule has 3 nitrogen and oxygen atoms in total. The molecule has 1 rings (SSSR count). The standard InChI is InChI=1S/C11H14IO3P.C2H2/c1-2-14-11(13)8-5-9-3-6-10(7-4-9)15-16-12;1-2/h3-4,6-7,16H,2,5,8H2,1H3;1-2H. The summed E-state index contributed by atoms with van der Waals surface area (Å²) in [5, 5.41) is 0. The molecule has 0 aromatic heterocycles. The zero-order chi connectivity index (χ0) is 13.8. The van der Waals surface area contributed by atoms with Gasteiger partial charge in [0.1, 0.15) is 12.2 Å². The smallest absolute Gasteiger partial charge is 0.306 e. The average Bonchev–Trinajstić information content (AvgIpc) is 2.41. The Labute approximate surface area is 123 Å². The monoisotopic (exact) mass is 378 g/mol. The molecule has 98 valence electrons. The van der Waals surface area contributed by atoms with Crippen LogP contribution in [0.25, 0.3) is 0 Å². The Morgan fingerprint density at radius 1 is 1.33 bits per heavy atom. The fourth-order valence-corrected chi connectivity index (χ4v) is 2.24. The number of benzene rings is 1. The van der Waals surface area contributed by atoms with Gasteiger partial charge in [0.15, 0.2) is 0 Å². The maximum atomic E-state index is 11.1. The molecule has 0 fully saturated rings. The van der Waals surface area contributed by atoms with E-state index in [4.69, 9.17) is 9.26 Å². The summed E-state index contributed by atoms with van der Waals surface area (Å²) in [5.41, 5.74) is 1.12. The van der Waals surface area contributed by atoms with E-state index >= 15 is 0 Å². The number of rotatable bonds is 6. The molecule has 0 N–H and O–H groups in total. The molecule has 0 bridgehead atoms. The van der Waals surface area contributed by atoms with Gasteiger partial charge in [0.25, 0.3) is 0 Å². The van der Waals surface area contributed by atoms with Crippen molar-refractivity contribution in [3.05, 3.63) is 29.8 Å². The van der Waals surface area contributed by atoms with Crippen LogP contribution >= 0.6 is 28.5 Å². The molecule has 1 aromatic rings. The van der Waals surface area contributed by atoms with Crippen molar-refractivity contribution in [2.24, 2.45) is 0 Å². The lowest BCUT2D eigenvalue weighted by molar-refractivity contribution is -0.143. The molecule has 0 aliphatic heterocycles. The van der Waals surface area contributed by atoms with Crippen molar-refractivity contribution in [3.8, 4) is 18.6 Å². The molecule has 0 amide bonds. The second kappa shape index (κ2) is 11.3. The molecular weight excluding hydrogens is 362 g/mol. The summed E-state index contributed by atoms with van der Waals surface area (Å²) in [5.74, 6) is 0.726. The van der Waals surface area contributed by atoms with Gasteiger partial charge in [0.2, 0.25) is 0 Å². The van der Waals surface area contributed by atoms with Gasteiger partial charge >= 0.3 is 5.97 Å². The number of esters is 1. The Balaban J connectivity index is 0.00000137. The minimum Gasteiger partial charge on any atom is -0.467 e. The van der Waals surface area contributed by atoms with Crippen molar-refractivity contribution in [3.63, 3.8) is 0 Å². The maximum Gasteiger partial charge on any atom is 0.306 e. The van der Waals surface area contributed by atoms with Crippen LogP contribution in [0, 0.1) is 12.8 Å². The number of carbonyl (C=O) groups excluding carboxylic acids is 1. The summed E-state index contributed by atoms with van der Waals surface area (Å²) in [4.78, 5) is 11.1. The van der Waals surface area contributed by atoms with Crippen LogP contribution in [0.3, 0.4) is 0 Å². The third-order valence-electron chi connectivity index (χ3n) is 2.00. The molecule has 0 aliphatic carbocycles. The van der Waals surface area contributed by atoms with Crippen molar-refractivity contribution in [2.45, 2.75) is 19.8 Å². The Hall–Kier alpha value is -0.790. The first-order valence-corrected chi connectivity index (χ1v) is 9.39. The van der Waals surface area contributed by atoms with Gasteiger partial charge in [0.05, 0.1) is 6.61 Å². The van der Waals surface area contributed by atoms with Crippen LogP contribution in [-0.4, -0.2) is 12.6 Å².